The molecule has 0 saturated heterocycles. The van der Waals surface area contributed by atoms with E-state index in [-0.39, 0.29) is 12.1 Å². The lowest BCUT2D eigenvalue weighted by molar-refractivity contribution is -0.147. The van der Waals surface area contributed by atoms with Crippen LogP contribution in [0.2, 0.25) is 0 Å². The molecular formula is C20H17F2N3O4. The molecule has 0 spiro atoms. The molecule has 0 fully saturated rings. The average Bonchev–Trinajstić information content (AvgIpc) is 3.10. The van der Waals surface area contributed by atoms with Crippen molar-refractivity contribution in [2.24, 2.45) is 0 Å². The van der Waals surface area contributed by atoms with E-state index in [9.17, 15) is 23.2 Å². The molecule has 1 heterocycles. The summed E-state index contributed by atoms with van der Waals surface area (Å²) < 4.78 is 30.9. The van der Waals surface area contributed by atoms with Gasteiger partial charge in [0, 0.05) is 28.9 Å². The predicted molar refractivity (Wildman–Crippen MR) is 101 cm³/mol. The van der Waals surface area contributed by atoms with Crippen LogP contribution < -0.4 is 10.6 Å². The number of amides is 2. The number of hydrogen-bond donors (Lipinski definition) is 3. The number of ether oxygens (including phenoxy) is 1. The molecule has 0 unspecified atom stereocenters. The van der Waals surface area contributed by atoms with Gasteiger partial charge in [0.05, 0.1) is 13.0 Å². The van der Waals surface area contributed by atoms with Gasteiger partial charge in [0.1, 0.15) is 0 Å². The Balaban J connectivity index is 1.40. The van der Waals surface area contributed by atoms with Crippen LogP contribution >= 0.6 is 0 Å². The maximum absolute atomic E-state index is 13.1. The Labute approximate surface area is 164 Å². The van der Waals surface area contributed by atoms with E-state index in [4.69, 9.17) is 4.74 Å². The van der Waals surface area contributed by atoms with Crippen LogP contribution in [0.5, 0.6) is 0 Å². The molecule has 3 N–H and O–H groups in total. The summed E-state index contributed by atoms with van der Waals surface area (Å²) in [6, 6.07) is 10.3. The fourth-order valence-electron chi connectivity index (χ4n) is 2.64. The number of carbonyl (C=O) groups excluding carboxylic acids is 3. The van der Waals surface area contributed by atoms with Crippen LogP contribution in [0, 0.1) is 11.6 Å². The van der Waals surface area contributed by atoms with E-state index in [1.165, 1.54) is 6.07 Å². The van der Waals surface area contributed by atoms with Crippen LogP contribution in [0.4, 0.5) is 14.5 Å². The molecule has 3 rings (SSSR count). The second-order valence-electron chi connectivity index (χ2n) is 6.15. The third-order valence-corrected chi connectivity index (χ3v) is 4.02. The van der Waals surface area contributed by atoms with E-state index >= 15 is 0 Å². The van der Waals surface area contributed by atoms with Crippen LogP contribution in [0.25, 0.3) is 10.9 Å². The topological polar surface area (TPSA) is 100 Å². The second-order valence-corrected chi connectivity index (χ2v) is 6.15. The molecule has 0 saturated carbocycles. The van der Waals surface area contributed by atoms with Gasteiger partial charge < -0.3 is 20.4 Å². The first-order chi connectivity index (χ1) is 13.9. The van der Waals surface area contributed by atoms with E-state index in [2.05, 4.69) is 15.6 Å². The molecule has 0 aliphatic heterocycles. The Bertz CT molecular complexity index is 1060. The first-order valence-corrected chi connectivity index (χ1v) is 8.64. The Kier molecular flexibility index (Phi) is 6.18. The standard InChI is InChI=1S/C20H17F2N3O4/c21-15-6-5-13(8-16(15)22)25-18(26)10-24-19(27)11-29-20(28)7-12-9-23-17-4-2-1-3-14(12)17/h1-6,8-9,23H,7,10-11H2,(H,24,27)(H,25,26). The van der Waals surface area contributed by atoms with Gasteiger partial charge in [-0.25, -0.2) is 8.78 Å². The SMILES string of the molecule is O=C(COC(=O)Cc1c[nH]c2ccccc12)NCC(=O)Nc1ccc(F)c(F)c1. The first kappa shape index (κ1) is 20.0. The quantitative estimate of drug-likeness (QED) is 0.529. The Morgan fingerprint density at radius 2 is 1.79 bits per heavy atom. The molecule has 7 nitrogen and oxygen atoms in total. The number of H-pyrrole nitrogens is 1. The zero-order chi connectivity index (χ0) is 20.8. The van der Waals surface area contributed by atoms with Gasteiger partial charge in [0.2, 0.25) is 5.91 Å². The highest BCUT2D eigenvalue weighted by atomic mass is 19.2. The lowest BCUT2D eigenvalue weighted by Gasteiger charge is -2.08. The molecule has 0 bridgehead atoms. The number of anilines is 1. The van der Waals surface area contributed by atoms with Crippen LogP contribution in [-0.4, -0.2) is 35.9 Å². The fourth-order valence-corrected chi connectivity index (χ4v) is 2.64. The number of halogens is 2. The maximum Gasteiger partial charge on any atom is 0.310 e. The highest BCUT2D eigenvalue weighted by Gasteiger charge is 2.13. The van der Waals surface area contributed by atoms with Crippen molar-refractivity contribution >= 4 is 34.4 Å². The summed E-state index contributed by atoms with van der Waals surface area (Å²) in [6.45, 7) is -0.961. The zero-order valence-electron chi connectivity index (χ0n) is 15.1. The molecular weight excluding hydrogens is 384 g/mol. The van der Waals surface area contributed by atoms with E-state index in [0.717, 1.165) is 28.6 Å². The van der Waals surface area contributed by atoms with Crippen LogP contribution in [0.15, 0.2) is 48.7 Å². The van der Waals surface area contributed by atoms with E-state index in [1.54, 1.807) is 6.20 Å². The van der Waals surface area contributed by atoms with E-state index in [0.29, 0.717) is 0 Å². The zero-order valence-corrected chi connectivity index (χ0v) is 15.1. The monoisotopic (exact) mass is 401 g/mol. The number of fused-ring (bicyclic) bond motifs is 1. The Morgan fingerprint density at radius 1 is 1.00 bits per heavy atom. The van der Waals surface area contributed by atoms with Gasteiger partial charge >= 0.3 is 5.97 Å². The van der Waals surface area contributed by atoms with Crippen molar-refractivity contribution in [2.45, 2.75) is 6.42 Å². The number of para-hydroxylation sites is 1. The van der Waals surface area contributed by atoms with Crippen molar-refractivity contribution < 1.29 is 27.9 Å². The van der Waals surface area contributed by atoms with Crippen molar-refractivity contribution in [2.75, 3.05) is 18.5 Å². The number of aromatic amines is 1. The molecule has 9 heteroatoms. The molecule has 0 aliphatic rings. The maximum atomic E-state index is 13.1. The van der Waals surface area contributed by atoms with Gasteiger partial charge in [-0.15, -0.1) is 0 Å². The number of nitrogens with one attached hydrogen (secondary N) is 3. The summed E-state index contributed by atoms with van der Waals surface area (Å²) in [5.41, 5.74) is 1.69. The number of benzene rings is 2. The molecule has 2 aromatic carbocycles. The minimum Gasteiger partial charge on any atom is -0.455 e. The molecule has 0 atom stereocenters. The van der Waals surface area contributed by atoms with E-state index in [1.807, 2.05) is 24.3 Å². The van der Waals surface area contributed by atoms with Gasteiger partial charge in [-0.3, -0.25) is 14.4 Å². The van der Waals surface area contributed by atoms with Gasteiger partial charge in [0.15, 0.2) is 18.2 Å². The van der Waals surface area contributed by atoms with Gasteiger partial charge in [-0.1, -0.05) is 18.2 Å². The minimum atomic E-state index is -1.10. The van der Waals surface area contributed by atoms with Crippen molar-refractivity contribution in [3.63, 3.8) is 0 Å². The summed E-state index contributed by atoms with van der Waals surface area (Å²) in [7, 11) is 0. The number of aromatic nitrogens is 1. The molecule has 0 radical (unpaired) electrons. The van der Waals surface area contributed by atoms with Gasteiger partial charge in [-0.05, 0) is 23.8 Å². The third-order valence-electron chi connectivity index (χ3n) is 4.02. The Morgan fingerprint density at radius 3 is 2.59 bits per heavy atom. The lowest BCUT2D eigenvalue weighted by Crippen LogP contribution is -2.35. The highest BCUT2D eigenvalue weighted by molar-refractivity contribution is 5.95. The van der Waals surface area contributed by atoms with Gasteiger partial charge in [0.25, 0.3) is 5.91 Å². The highest BCUT2D eigenvalue weighted by Crippen LogP contribution is 2.18. The summed E-state index contributed by atoms with van der Waals surface area (Å²) in [5.74, 6) is -4.04. The largest absolute Gasteiger partial charge is 0.455 e. The number of hydrogen-bond acceptors (Lipinski definition) is 4. The summed E-state index contributed by atoms with van der Waals surface area (Å²) >= 11 is 0. The Hall–Kier alpha value is -3.75. The van der Waals surface area contributed by atoms with Crippen molar-refractivity contribution in [1.29, 1.82) is 0 Å². The molecule has 3 aromatic rings. The normalized spacial score (nSPS) is 10.6. The van der Waals surface area contributed by atoms with Crippen LogP contribution in [0.1, 0.15) is 5.56 Å². The fraction of sp³-hybridized carbons (Fsp3) is 0.150. The smallest absolute Gasteiger partial charge is 0.310 e. The van der Waals surface area contributed by atoms with Crippen molar-refractivity contribution in [3.8, 4) is 0 Å². The van der Waals surface area contributed by atoms with Gasteiger partial charge in [-0.2, -0.15) is 0 Å². The summed E-state index contributed by atoms with van der Waals surface area (Å²) in [5, 5.41) is 5.47. The van der Waals surface area contributed by atoms with Crippen molar-refractivity contribution in [3.05, 3.63) is 65.9 Å². The molecule has 0 aliphatic carbocycles. The first-order valence-electron chi connectivity index (χ1n) is 8.64. The molecule has 1 aromatic heterocycles. The number of carbonyl (C=O) groups is 3. The van der Waals surface area contributed by atoms with E-state index < -0.39 is 42.6 Å². The summed E-state index contributed by atoms with van der Waals surface area (Å²) in [6.07, 6.45) is 1.70. The molecule has 150 valence electrons. The second kappa shape index (κ2) is 8.96. The molecule has 2 amide bonds. The minimum absolute atomic E-state index is 0.00604. The average molecular weight is 401 g/mol. The molecule has 29 heavy (non-hydrogen) atoms. The number of rotatable bonds is 7. The van der Waals surface area contributed by atoms with Crippen LogP contribution in [0.3, 0.4) is 0 Å². The van der Waals surface area contributed by atoms with Crippen LogP contribution in [-0.2, 0) is 25.5 Å². The summed E-state index contributed by atoms with van der Waals surface area (Å²) in [4.78, 5) is 38.4. The lowest BCUT2D eigenvalue weighted by atomic mass is 10.1. The van der Waals surface area contributed by atoms with Crippen molar-refractivity contribution in [1.82, 2.24) is 10.3 Å². The third kappa shape index (κ3) is 5.38. The number of esters is 1. The predicted octanol–water partition coefficient (Wildman–Crippen LogP) is 2.29.